The molecule has 0 saturated carbocycles. The number of pyridine rings is 1. The maximum absolute atomic E-state index is 14.3. The number of alkyl halides is 5. The van der Waals surface area contributed by atoms with Crippen molar-refractivity contribution in [3.05, 3.63) is 28.5 Å². The Hall–Kier alpha value is -2.87. The second-order valence-corrected chi connectivity index (χ2v) is 11.8. The molecule has 0 unspecified atom stereocenters. The molecular formula is C26H32F5N5O3S. The molecule has 2 fully saturated rings. The number of aliphatic hydroxyl groups is 1. The lowest BCUT2D eigenvalue weighted by Gasteiger charge is -2.33. The number of carbonyl (C=O) groups excluding carboxylic acids is 2. The van der Waals surface area contributed by atoms with Crippen molar-refractivity contribution in [3.8, 4) is 10.4 Å². The van der Waals surface area contributed by atoms with E-state index in [1.165, 1.54) is 18.9 Å². The molecule has 2 aromatic rings. The fourth-order valence-electron chi connectivity index (χ4n) is 5.14. The highest BCUT2D eigenvalue weighted by Gasteiger charge is 2.44. The first-order valence-electron chi connectivity index (χ1n) is 13.0. The number of halogens is 5. The van der Waals surface area contributed by atoms with Crippen molar-refractivity contribution < 1.29 is 36.6 Å². The van der Waals surface area contributed by atoms with Gasteiger partial charge in [-0.15, -0.1) is 11.3 Å². The van der Waals surface area contributed by atoms with Crippen molar-refractivity contribution in [2.45, 2.75) is 89.1 Å². The Balaban J connectivity index is 1.81. The van der Waals surface area contributed by atoms with Crippen LogP contribution < -0.4 is 5.32 Å². The van der Waals surface area contributed by atoms with Gasteiger partial charge in [0.25, 0.3) is 18.2 Å². The topological polar surface area (TPSA) is 98.7 Å². The lowest BCUT2D eigenvalue weighted by atomic mass is 10.0. The molecule has 8 nitrogen and oxygen atoms in total. The number of amides is 2. The zero-order chi connectivity index (χ0) is 29.6. The van der Waals surface area contributed by atoms with E-state index >= 15 is 0 Å². The van der Waals surface area contributed by atoms with Crippen LogP contribution in [0.15, 0.2) is 12.3 Å². The maximum atomic E-state index is 14.3. The number of likely N-dealkylation sites (N-methyl/N-ethyl adjacent to an activating group) is 1. The van der Waals surface area contributed by atoms with Crippen molar-refractivity contribution >= 4 is 29.0 Å². The first kappa shape index (κ1) is 30.1. The number of hydrogen-bond donors (Lipinski definition) is 2. The Morgan fingerprint density at radius 3 is 2.30 bits per heavy atom. The van der Waals surface area contributed by atoms with E-state index in [-0.39, 0.29) is 52.1 Å². The molecule has 4 heterocycles. The standard InChI is InChI=1S/C26H32F5N5O3S/c1-5-17(26(29,30)31)33-18-10-15(21(27)28)16(11-32-18)20-19(23(38)36-13-6-7-14(36)9-8-13)34-22(40-20)24(39)35(4)25(2,3)12-37/h10-11,13-14,17,21,37H,5-9,12H2,1-4H3,(H,32,33)/t13?,14?,17-/m0/s1. The Kier molecular flexibility index (Phi) is 8.42. The lowest BCUT2D eigenvalue weighted by Crippen LogP contribution is -2.47. The molecular weight excluding hydrogens is 557 g/mol. The Labute approximate surface area is 232 Å². The number of anilines is 1. The van der Waals surface area contributed by atoms with Gasteiger partial charge in [0.2, 0.25) is 0 Å². The summed E-state index contributed by atoms with van der Waals surface area (Å²) in [6, 6.07) is -1.16. The van der Waals surface area contributed by atoms with Gasteiger partial charge in [0.1, 0.15) is 17.6 Å². The first-order chi connectivity index (χ1) is 18.7. The van der Waals surface area contributed by atoms with Crippen LogP contribution in [0.25, 0.3) is 10.4 Å². The highest BCUT2D eigenvalue weighted by molar-refractivity contribution is 7.17. The van der Waals surface area contributed by atoms with Gasteiger partial charge >= 0.3 is 6.18 Å². The molecule has 0 aromatic carbocycles. The second kappa shape index (κ2) is 11.2. The van der Waals surface area contributed by atoms with Gasteiger partial charge in [-0.1, -0.05) is 6.92 Å². The van der Waals surface area contributed by atoms with Crippen molar-refractivity contribution in [3.63, 3.8) is 0 Å². The summed E-state index contributed by atoms with van der Waals surface area (Å²) >= 11 is 0.741. The zero-order valence-electron chi connectivity index (χ0n) is 22.6. The minimum Gasteiger partial charge on any atom is -0.394 e. The summed E-state index contributed by atoms with van der Waals surface area (Å²) in [6.07, 6.45) is -3.82. The first-order valence-corrected chi connectivity index (χ1v) is 13.9. The van der Waals surface area contributed by atoms with Crippen LogP contribution in [0.2, 0.25) is 0 Å². The maximum Gasteiger partial charge on any atom is 0.408 e. The smallest absolute Gasteiger partial charge is 0.394 e. The lowest BCUT2D eigenvalue weighted by molar-refractivity contribution is -0.142. The van der Waals surface area contributed by atoms with Crippen LogP contribution in [0.1, 0.15) is 85.2 Å². The van der Waals surface area contributed by atoms with E-state index in [2.05, 4.69) is 15.3 Å². The number of fused-ring (bicyclic) bond motifs is 2. The molecule has 0 spiro atoms. The highest BCUT2D eigenvalue weighted by atomic mass is 32.1. The molecule has 1 atom stereocenters. The van der Waals surface area contributed by atoms with E-state index in [1.807, 2.05) is 0 Å². The summed E-state index contributed by atoms with van der Waals surface area (Å²) in [5, 5.41) is 11.7. The van der Waals surface area contributed by atoms with E-state index in [0.717, 1.165) is 49.3 Å². The van der Waals surface area contributed by atoms with Gasteiger partial charge in [-0.2, -0.15) is 13.2 Å². The average molecular weight is 590 g/mol. The molecule has 4 rings (SSSR count). The molecule has 2 aromatic heterocycles. The average Bonchev–Trinajstić information content (AvgIpc) is 3.64. The second-order valence-electron chi connectivity index (χ2n) is 10.8. The van der Waals surface area contributed by atoms with E-state index in [1.54, 1.807) is 18.7 Å². The molecule has 2 amide bonds. The van der Waals surface area contributed by atoms with Crippen LogP contribution in [-0.2, 0) is 0 Å². The van der Waals surface area contributed by atoms with Crippen molar-refractivity contribution in [1.82, 2.24) is 19.8 Å². The zero-order valence-corrected chi connectivity index (χ0v) is 23.4. The van der Waals surface area contributed by atoms with E-state index < -0.39 is 41.6 Å². The Morgan fingerprint density at radius 1 is 1.20 bits per heavy atom. The van der Waals surface area contributed by atoms with Crippen molar-refractivity contribution in [2.75, 3.05) is 19.0 Å². The van der Waals surface area contributed by atoms with Gasteiger partial charge in [0.15, 0.2) is 5.01 Å². The molecule has 2 aliphatic rings. The molecule has 40 heavy (non-hydrogen) atoms. The van der Waals surface area contributed by atoms with Gasteiger partial charge in [-0.25, -0.2) is 18.7 Å². The van der Waals surface area contributed by atoms with Gasteiger partial charge in [0, 0.05) is 36.5 Å². The van der Waals surface area contributed by atoms with Gasteiger partial charge in [0.05, 0.1) is 17.0 Å². The molecule has 2 N–H and O–H groups in total. The number of rotatable bonds is 9. The quantitative estimate of drug-likeness (QED) is 0.375. The highest BCUT2D eigenvalue weighted by Crippen LogP contribution is 2.43. The molecule has 0 aliphatic carbocycles. The van der Waals surface area contributed by atoms with Gasteiger partial charge in [-0.3, -0.25) is 9.59 Å². The predicted octanol–water partition coefficient (Wildman–Crippen LogP) is 5.51. The summed E-state index contributed by atoms with van der Waals surface area (Å²) in [4.78, 5) is 38.3. The van der Waals surface area contributed by atoms with Crippen LogP contribution in [0.4, 0.5) is 27.8 Å². The molecule has 2 bridgehead atoms. The van der Waals surface area contributed by atoms with Crippen molar-refractivity contribution in [2.24, 2.45) is 0 Å². The van der Waals surface area contributed by atoms with Crippen LogP contribution in [0, 0.1) is 0 Å². The SMILES string of the molecule is CC[C@H](Nc1cc(C(F)F)c(-c2sc(C(=O)N(C)C(C)(C)CO)nc2C(=O)N2C3CCC2CC3)cn1)C(F)(F)F. The third-order valence-corrected chi connectivity index (χ3v) is 8.92. The molecule has 14 heteroatoms. The van der Waals surface area contributed by atoms with E-state index in [9.17, 15) is 36.6 Å². The van der Waals surface area contributed by atoms with Crippen LogP contribution in [-0.4, -0.2) is 80.2 Å². The summed E-state index contributed by atoms with van der Waals surface area (Å²) < 4.78 is 68.5. The minimum atomic E-state index is -4.62. The fourth-order valence-corrected chi connectivity index (χ4v) is 6.21. The van der Waals surface area contributed by atoms with Crippen LogP contribution in [0.5, 0.6) is 0 Å². The third-order valence-electron chi connectivity index (χ3n) is 7.84. The molecule has 0 radical (unpaired) electrons. The Bertz CT molecular complexity index is 1250. The van der Waals surface area contributed by atoms with Gasteiger partial charge < -0.3 is 20.2 Å². The molecule has 2 saturated heterocycles. The molecule has 220 valence electrons. The Morgan fingerprint density at radius 2 is 1.80 bits per heavy atom. The monoisotopic (exact) mass is 589 g/mol. The minimum absolute atomic E-state index is 0.00480. The van der Waals surface area contributed by atoms with Crippen LogP contribution >= 0.6 is 11.3 Å². The van der Waals surface area contributed by atoms with E-state index in [0.29, 0.717) is 0 Å². The summed E-state index contributed by atoms with van der Waals surface area (Å²) in [5.74, 6) is -1.49. The van der Waals surface area contributed by atoms with Crippen LogP contribution in [0.3, 0.4) is 0 Å². The summed E-state index contributed by atoms with van der Waals surface area (Å²) in [7, 11) is 1.46. The number of nitrogens with one attached hydrogen (secondary N) is 1. The molecule has 2 aliphatic heterocycles. The fraction of sp³-hybridized carbons (Fsp3) is 0.615. The van der Waals surface area contributed by atoms with Crippen molar-refractivity contribution in [1.29, 1.82) is 0 Å². The predicted molar refractivity (Wildman–Crippen MR) is 140 cm³/mol. The number of aliphatic hydroxyl groups excluding tert-OH is 1. The third kappa shape index (κ3) is 5.65. The normalized spacial score (nSPS) is 19.8. The number of nitrogens with zero attached hydrogens (tertiary/aromatic N) is 4. The number of hydrogen-bond acceptors (Lipinski definition) is 7. The summed E-state index contributed by atoms with van der Waals surface area (Å²) in [6.45, 7) is 4.20. The number of thiazole rings is 1. The van der Waals surface area contributed by atoms with E-state index in [4.69, 9.17) is 0 Å². The van der Waals surface area contributed by atoms with Gasteiger partial charge in [-0.05, 0) is 52.0 Å². The number of carbonyl (C=O) groups is 2. The number of aromatic nitrogens is 2. The largest absolute Gasteiger partial charge is 0.408 e. The summed E-state index contributed by atoms with van der Waals surface area (Å²) in [5.41, 5.74) is -1.97.